The second-order valence-corrected chi connectivity index (χ2v) is 10.9. The zero-order chi connectivity index (χ0) is 18.7. The maximum atomic E-state index is 12.0. The van der Waals surface area contributed by atoms with Gasteiger partial charge in [0.15, 0.2) is 10.8 Å². The van der Waals surface area contributed by atoms with Gasteiger partial charge in [0.25, 0.3) is 5.69 Å². The van der Waals surface area contributed by atoms with E-state index in [0.29, 0.717) is 0 Å². The van der Waals surface area contributed by atoms with E-state index in [-0.39, 0.29) is 16.9 Å². The predicted octanol–water partition coefficient (Wildman–Crippen LogP) is 3.19. The molecule has 0 amide bonds. The second-order valence-electron chi connectivity index (χ2n) is 5.80. The third-order valence-electron chi connectivity index (χ3n) is 2.61. The molecule has 128 valence electrons. The quantitative estimate of drug-likeness (QED) is 0.203. The Labute approximate surface area is 145 Å². The van der Waals surface area contributed by atoms with E-state index in [1.165, 1.54) is 0 Å². The molecular weight excluding hydrogens is 354 g/mol. The average Bonchev–Trinajstić information content (AvgIpc) is 2.45. The molecule has 0 unspecified atom stereocenters. The van der Waals surface area contributed by atoms with E-state index in [2.05, 4.69) is 16.2 Å². The third-order valence-corrected chi connectivity index (χ3v) is 3.85. The highest BCUT2D eigenvalue weighted by Crippen LogP contribution is 2.39. The largest absolute Gasteiger partial charge is 0.465 e. The number of nitro groups is 1. The molecule has 0 aliphatic heterocycles. The number of rotatable bonds is 3. The van der Waals surface area contributed by atoms with Crippen LogP contribution in [0.3, 0.4) is 0 Å². The number of carbonyl (C=O) groups is 2. The molecule has 1 aromatic carbocycles. The van der Waals surface area contributed by atoms with Crippen molar-refractivity contribution in [1.29, 1.82) is 0 Å². The molecule has 9 heteroatoms. The Kier molecular flexibility index (Phi) is 6.12. The fraction of sp³-hybridized carbons (Fsp3) is 0.333. The van der Waals surface area contributed by atoms with E-state index in [1.807, 2.05) is 19.6 Å². The molecule has 0 heterocycles. The van der Waals surface area contributed by atoms with Gasteiger partial charge in [-0.3, -0.25) is 14.9 Å². The Bertz CT molecular complexity index is 773. The van der Waals surface area contributed by atoms with Crippen molar-refractivity contribution in [1.82, 2.24) is 0 Å². The Morgan fingerprint density at radius 3 is 2.33 bits per heavy atom. The van der Waals surface area contributed by atoms with E-state index < -0.39 is 35.6 Å². The minimum absolute atomic E-state index is 0.00456. The van der Waals surface area contributed by atoms with Crippen molar-refractivity contribution < 1.29 is 24.0 Å². The van der Waals surface area contributed by atoms with Crippen LogP contribution in [0.2, 0.25) is 24.7 Å². The van der Waals surface area contributed by atoms with Crippen LogP contribution in [0.25, 0.3) is 0 Å². The van der Waals surface area contributed by atoms with Crippen molar-refractivity contribution in [2.24, 2.45) is 0 Å². The average molecular weight is 370 g/mol. The van der Waals surface area contributed by atoms with Crippen molar-refractivity contribution in [2.45, 2.75) is 26.6 Å². The van der Waals surface area contributed by atoms with Crippen molar-refractivity contribution >= 4 is 37.3 Å². The smallest absolute Gasteiger partial charge is 0.339 e. The molecule has 0 bridgehead atoms. The summed E-state index contributed by atoms with van der Waals surface area (Å²) in [6.07, 6.45) is 0. The molecule has 0 aliphatic carbocycles. The summed E-state index contributed by atoms with van der Waals surface area (Å²) in [5.74, 6) is 0.870. The fourth-order valence-electron chi connectivity index (χ4n) is 1.64. The van der Waals surface area contributed by atoms with Crippen molar-refractivity contribution in [3.05, 3.63) is 32.3 Å². The first-order valence-corrected chi connectivity index (χ1v) is 10.7. The van der Waals surface area contributed by atoms with Crippen LogP contribution in [-0.4, -0.2) is 32.0 Å². The maximum absolute atomic E-state index is 12.0. The van der Waals surface area contributed by atoms with Gasteiger partial charge in [0.05, 0.1) is 23.2 Å². The molecule has 0 saturated carbocycles. The number of carbonyl (C=O) groups excluding carboxylic acids is 2. The molecule has 0 saturated heterocycles. The molecule has 0 N–H and O–H groups in total. The first-order chi connectivity index (χ1) is 11.0. The summed E-state index contributed by atoms with van der Waals surface area (Å²) in [5.41, 5.74) is 2.24. The molecule has 0 aliphatic rings. The lowest BCUT2D eigenvalue weighted by Gasteiger charge is -2.12. The zero-order valence-corrected chi connectivity index (χ0v) is 15.6. The molecule has 24 heavy (non-hydrogen) atoms. The number of esters is 2. The molecule has 0 fully saturated rings. The van der Waals surface area contributed by atoms with Gasteiger partial charge in [-0.05, 0) is 0 Å². The van der Waals surface area contributed by atoms with Gasteiger partial charge in [0, 0.05) is 13.0 Å². The Balaban J connectivity index is 3.86. The number of halogens is 1. The fourth-order valence-corrected chi connectivity index (χ4v) is 2.39. The van der Waals surface area contributed by atoms with Crippen LogP contribution in [-0.2, 0) is 9.53 Å². The summed E-state index contributed by atoms with van der Waals surface area (Å²) in [5, 5.41) is 10.8. The minimum Gasteiger partial charge on any atom is -0.465 e. The lowest BCUT2D eigenvalue weighted by Crippen LogP contribution is -2.17. The second kappa shape index (κ2) is 7.46. The van der Waals surface area contributed by atoms with Crippen LogP contribution < -0.4 is 4.74 Å². The number of nitrogens with zero attached hydrogens (tertiary/aromatic N) is 1. The number of methoxy groups -OCH3 is 1. The highest BCUT2D eigenvalue weighted by atomic mass is 35.5. The van der Waals surface area contributed by atoms with Crippen LogP contribution in [0.5, 0.6) is 5.75 Å². The maximum Gasteiger partial charge on any atom is 0.339 e. The Hall–Kier alpha value is -2.37. The molecule has 0 spiro atoms. The lowest BCUT2D eigenvalue weighted by atomic mass is 10.1. The number of nitro benzene ring substituents is 1. The number of hydrogen-bond acceptors (Lipinski definition) is 6. The first kappa shape index (κ1) is 19.7. The van der Waals surface area contributed by atoms with Gasteiger partial charge in [-0.15, -0.1) is 5.54 Å². The van der Waals surface area contributed by atoms with E-state index in [0.717, 1.165) is 20.1 Å². The molecule has 1 aromatic rings. The van der Waals surface area contributed by atoms with Crippen LogP contribution >= 0.6 is 11.6 Å². The van der Waals surface area contributed by atoms with Gasteiger partial charge < -0.3 is 9.47 Å². The number of ether oxygens (including phenoxy) is 2. The summed E-state index contributed by atoms with van der Waals surface area (Å²) in [6, 6.07) is 0.968. The molecule has 0 radical (unpaired) electrons. The predicted molar refractivity (Wildman–Crippen MR) is 91.0 cm³/mol. The summed E-state index contributed by atoms with van der Waals surface area (Å²) < 4.78 is 9.64. The van der Waals surface area contributed by atoms with Gasteiger partial charge in [-0.2, -0.15) is 0 Å². The highest BCUT2D eigenvalue weighted by Gasteiger charge is 2.28. The molecule has 0 aromatic heterocycles. The standard InChI is InChI=1S/C15H16ClNO6Si/c1-9(18)23-14-10(6-7-24(3,4)5)11(15(19)22-2)8-12(13(14)16)17(20)21/h8H,1-5H3. The Morgan fingerprint density at radius 2 is 1.92 bits per heavy atom. The monoisotopic (exact) mass is 369 g/mol. The van der Waals surface area contributed by atoms with E-state index in [4.69, 9.17) is 16.3 Å². The topological polar surface area (TPSA) is 95.7 Å². The van der Waals surface area contributed by atoms with E-state index >= 15 is 0 Å². The van der Waals surface area contributed by atoms with Crippen LogP contribution in [0.4, 0.5) is 5.69 Å². The first-order valence-electron chi connectivity index (χ1n) is 6.78. The van der Waals surface area contributed by atoms with Crippen LogP contribution in [0, 0.1) is 21.6 Å². The van der Waals surface area contributed by atoms with E-state index in [9.17, 15) is 19.7 Å². The normalized spacial score (nSPS) is 10.4. The number of benzene rings is 1. The zero-order valence-electron chi connectivity index (χ0n) is 13.9. The van der Waals surface area contributed by atoms with Gasteiger partial charge >= 0.3 is 11.9 Å². The van der Waals surface area contributed by atoms with Crippen molar-refractivity contribution in [3.8, 4) is 17.2 Å². The third kappa shape index (κ3) is 4.81. The van der Waals surface area contributed by atoms with Crippen LogP contribution in [0.1, 0.15) is 22.8 Å². The summed E-state index contributed by atoms with van der Waals surface area (Å²) in [4.78, 5) is 33.7. The molecular formula is C15H16ClNO6Si. The SMILES string of the molecule is COC(=O)c1cc([N+](=O)[O-])c(Cl)c(OC(C)=O)c1C#C[Si](C)(C)C. The van der Waals surface area contributed by atoms with Gasteiger partial charge in [-0.25, -0.2) is 4.79 Å². The lowest BCUT2D eigenvalue weighted by molar-refractivity contribution is -0.384. The van der Waals surface area contributed by atoms with E-state index in [1.54, 1.807) is 0 Å². The van der Waals surface area contributed by atoms with Crippen LogP contribution in [0.15, 0.2) is 6.07 Å². The van der Waals surface area contributed by atoms with Gasteiger partial charge in [0.2, 0.25) is 0 Å². The van der Waals surface area contributed by atoms with Gasteiger partial charge in [-0.1, -0.05) is 37.2 Å². The summed E-state index contributed by atoms with van der Waals surface area (Å²) in [6.45, 7) is 7.02. The Morgan fingerprint density at radius 1 is 1.33 bits per heavy atom. The molecule has 7 nitrogen and oxygen atoms in total. The molecule has 0 atom stereocenters. The van der Waals surface area contributed by atoms with Crippen molar-refractivity contribution in [2.75, 3.05) is 7.11 Å². The van der Waals surface area contributed by atoms with Crippen molar-refractivity contribution in [3.63, 3.8) is 0 Å². The van der Waals surface area contributed by atoms with Gasteiger partial charge in [0.1, 0.15) is 8.07 Å². The number of hydrogen-bond donors (Lipinski definition) is 0. The summed E-state index contributed by atoms with van der Waals surface area (Å²) >= 11 is 6.00. The minimum atomic E-state index is -1.85. The summed E-state index contributed by atoms with van der Waals surface area (Å²) in [7, 11) is -0.725. The molecule has 1 rings (SSSR count). The highest BCUT2D eigenvalue weighted by molar-refractivity contribution is 6.83.